The van der Waals surface area contributed by atoms with Crippen LogP contribution in [0.2, 0.25) is 0 Å². The monoisotopic (exact) mass is 798 g/mol. The van der Waals surface area contributed by atoms with Crippen molar-refractivity contribution in [2.75, 3.05) is 65.4 Å². The molecule has 3 N–H and O–H groups in total. The van der Waals surface area contributed by atoms with E-state index < -0.39 is 5.41 Å². The molecule has 318 valence electrons. The number of phenols is 3. The van der Waals surface area contributed by atoms with Crippen molar-refractivity contribution in [1.82, 2.24) is 24.5 Å². The van der Waals surface area contributed by atoms with Gasteiger partial charge in [-0.3, -0.25) is 24.5 Å². The van der Waals surface area contributed by atoms with Gasteiger partial charge in [-0.15, -0.1) is 0 Å². The molecule has 0 aromatic heterocycles. The van der Waals surface area contributed by atoms with E-state index in [1.165, 1.54) is 64.2 Å². The summed E-state index contributed by atoms with van der Waals surface area (Å²) < 4.78 is 0. The third-order valence-electron chi connectivity index (χ3n) is 13.7. The van der Waals surface area contributed by atoms with E-state index in [-0.39, 0.29) is 18.9 Å². The van der Waals surface area contributed by atoms with Crippen molar-refractivity contribution in [3.63, 3.8) is 0 Å². The molecule has 5 fully saturated rings. The van der Waals surface area contributed by atoms with E-state index >= 15 is 0 Å². The van der Waals surface area contributed by atoms with E-state index in [1.54, 1.807) is 0 Å². The molecule has 3 aromatic rings. The van der Waals surface area contributed by atoms with E-state index in [4.69, 9.17) is 0 Å². The Morgan fingerprint density at radius 1 is 0.424 bits per heavy atom. The van der Waals surface area contributed by atoms with Crippen molar-refractivity contribution in [2.24, 2.45) is 0 Å². The Balaban J connectivity index is 0.00000112. The standard InChI is InChI=1S/C46H64N5O3.C4H8.Li/c1-34-23-40(24-35(43(34)52)29-47-13-3-4-14-47)46(2,41-25-36(30-48-15-5-6-16-48)44(53)37(26-41)31-49-17-7-8-18-49)42-27-38(32-50-19-9-10-20-50)45(54)39(28-42)33-51-21-11-12-22-51;1-3-4-2;/h23-28,52-54H,1,3-22,29-33H2,2H3;1-4H2;/q-1;-2;+1. The van der Waals surface area contributed by atoms with Crippen LogP contribution in [0, 0.1) is 20.8 Å². The van der Waals surface area contributed by atoms with Crippen LogP contribution in [0.25, 0.3) is 0 Å². The van der Waals surface area contributed by atoms with Gasteiger partial charge in [-0.2, -0.15) is 18.6 Å². The molecule has 8 nitrogen and oxygen atoms in total. The molecule has 9 heteroatoms. The maximum atomic E-state index is 12.0. The molecule has 0 unspecified atom stereocenters. The zero-order chi connectivity index (χ0) is 40.6. The number of hydrogen-bond acceptors (Lipinski definition) is 8. The summed E-state index contributed by atoms with van der Waals surface area (Å²) in [7, 11) is 0. The molecular formula is C50H72LiN5O3-2. The number of unbranched alkanes of at least 4 members (excludes halogenated alkanes) is 1. The second-order valence-electron chi connectivity index (χ2n) is 18.2. The largest absolute Gasteiger partial charge is 1.00 e. The first-order valence-electron chi connectivity index (χ1n) is 22.7. The molecule has 0 radical (unpaired) electrons. The first-order valence-corrected chi connectivity index (χ1v) is 22.7. The van der Waals surface area contributed by atoms with Gasteiger partial charge < -0.3 is 29.2 Å². The summed E-state index contributed by atoms with van der Waals surface area (Å²) in [4.78, 5) is 12.4. The van der Waals surface area contributed by atoms with Gasteiger partial charge in [0.25, 0.3) is 0 Å². The van der Waals surface area contributed by atoms with Gasteiger partial charge in [-0.1, -0.05) is 11.6 Å². The van der Waals surface area contributed by atoms with Crippen LogP contribution < -0.4 is 18.9 Å². The van der Waals surface area contributed by atoms with Crippen LogP contribution >= 0.6 is 0 Å². The molecule has 0 amide bonds. The van der Waals surface area contributed by atoms with Crippen molar-refractivity contribution in [3.8, 4) is 17.2 Å². The maximum absolute atomic E-state index is 12.0. The summed E-state index contributed by atoms with van der Waals surface area (Å²) in [6.07, 6.45) is 13.9. The Labute approximate surface area is 369 Å². The fraction of sp³-hybridized carbons (Fsp3) is 0.580. The molecular weight excluding hydrogens is 726 g/mol. The van der Waals surface area contributed by atoms with Crippen LogP contribution in [0.3, 0.4) is 0 Å². The average Bonchev–Trinajstić information content (AvgIpc) is 4.08. The van der Waals surface area contributed by atoms with Gasteiger partial charge in [-0.25, -0.2) is 12.8 Å². The molecule has 5 aliphatic heterocycles. The van der Waals surface area contributed by atoms with Crippen LogP contribution in [-0.2, 0) is 38.1 Å². The maximum Gasteiger partial charge on any atom is 1.00 e. The summed E-state index contributed by atoms with van der Waals surface area (Å²) >= 11 is 0. The van der Waals surface area contributed by atoms with Crippen molar-refractivity contribution >= 4 is 0 Å². The molecule has 5 aliphatic rings. The minimum absolute atomic E-state index is 0. The summed E-state index contributed by atoms with van der Waals surface area (Å²) in [6.45, 7) is 28.0. The minimum Gasteiger partial charge on any atom is -0.565 e. The van der Waals surface area contributed by atoms with E-state index in [2.05, 4.69) is 88.6 Å². The van der Waals surface area contributed by atoms with Crippen LogP contribution in [0.4, 0.5) is 0 Å². The Morgan fingerprint density at radius 3 is 0.881 bits per heavy atom. The molecule has 8 rings (SSSR count). The van der Waals surface area contributed by atoms with Crippen LogP contribution in [-0.4, -0.2) is 105 Å². The number of phenolic OH excluding ortho intramolecular Hbond substituents is 3. The van der Waals surface area contributed by atoms with E-state index in [0.29, 0.717) is 29.4 Å². The number of nitrogens with zero attached hydrogens (tertiary/aromatic N) is 5. The van der Waals surface area contributed by atoms with Crippen molar-refractivity contribution in [3.05, 3.63) is 107 Å². The molecule has 3 aromatic carbocycles. The fourth-order valence-electron chi connectivity index (χ4n) is 10.2. The van der Waals surface area contributed by atoms with E-state index in [0.717, 1.165) is 149 Å². The number of hydrogen-bond donors (Lipinski definition) is 3. The summed E-state index contributed by atoms with van der Waals surface area (Å²) in [5.41, 5.74) is 8.26. The van der Waals surface area contributed by atoms with Gasteiger partial charge in [-0.05, 0) is 178 Å². The topological polar surface area (TPSA) is 76.9 Å². The van der Waals surface area contributed by atoms with Crippen LogP contribution in [0.15, 0.2) is 36.4 Å². The molecule has 0 spiro atoms. The first kappa shape index (κ1) is 45.8. The molecule has 5 heterocycles. The SMILES string of the molecule is [CH2-]CC[CH2-].[CH2-]c1cc(C(C)(c2cc(CN3CCCC3)c(O)c(CN3CCCC3)c2)c2cc(CN3CCCC3)c(O)c(CN3CCCC3)c2)cc(CN2CCCC2)c1O.[Li+]. The average molecular weight is 798 g/mol. The van der Waals surface area contributed by atoms with Gasteiger partial charge in [0.2, 0.25) is 0 Å². The Hall–Kier alpha value is -2.67. The molecule has 0 saturated carbocycles. The molecule has 59 heavy (non-hydrogen) atoms. The number of rotatable bonds is 14. The quantitative estimate of drug-likeness (QED) is 0.108. The third-order valence-corrected chi connectivity index (χ3v) is 13.7. The van der Waals surface area contributed by atoms with Gasteiger partial charge >= 0.3 is 18.9 Å². The second-order valence-corrected chi connectivity index (χ2v) is 18.2. The Bertz CT molecular complexity index is 1630. The Morgan fingerprint density at radius 2 is 0.644 bits per heavy atom. The summed E-state index contributed by atoms with van der Waals surface area (Å²) in [6, 6.07) is 13.5. The number of likely N-dealkylation sites (tertiary alicyclic amines) is 5. The van der Waals surface area contributed by atoms with Gasteiger partial charge in [0.05, 0.1) is 0 Å². The van der Waals surface area contributed by atoms with Gasteiger partial charge in [0, 0.05) is 66.1 Å². The molecule has 0 aliphatic carbocycles. The van der Waals surface area contributed by atoms with E-state index in [9.17, 15) is 15.3 Å². The van der Waals surface area contributed by atoms with Crippen LogP contribution in [0.1, 0.15) is 134 Å². The normalized spacial score (nSPS) is 19.7. The molecule has 5 saturated heterocycles. The number of aromatic hydroxyl groups is 3. The van der Waals surface area contributed by atoms with Gasteiger partial charge in [0.1, 0.15) is 11.5 Å². The predicted molar refractivity (Wildman–Crippen MR) is 237 cm³/mol. The predicted octanol–water partition coefficient (Wildman–Crippen LogP) is 5.76. The molecule has 0 atom stereocenters. The first-order chi connectivity index (χ1) is 28.2. The van der Waals surface area contributed by atoms with E-state index in [1.807, 2.05) is 0 Å². The minimum atomic E-state index is -0.666. The molecule has 0 bridgehead atoms. The zero-order valence-corrected chi connectivity index (χ0v) is 36.8. The van der Waals surface area contributed by atoms with Crippen molar-refractivity contribution in [1.29, 1.82) is 0 Å². The number of benzene rings is 3. The Kier molecular flexibility index (Phi) is 16.6. The summed E-state index contributed by atoms with van der Waals surface area (Å²) in [5, 5.41) is 35.5. The summed E-state index contributed by atoms with van der Waals surface area (Å²) in [5.74, 6) is 1.17. The van der Waals surface area contributed by atoms with Crippen LogP contribution in [0.5, 0.6) is 17.2 Å². The second kappa shape index (κ2) is 21.4. The van der Waals surface area contributed by atoms with Crippen molar-refractivity contribution in [2.45, 2.75) is 122 Å². The zero-order valence-electron chi connectivity index (χ0n) is 36.8. The third kappa shape index (κ3) is 11.0. The van der Waals surface area contributed by atoms with Gasteiger partial charge in [0.15, 0.2) is 0 Å². The fourth-order valence-corrected chi connectivity index (χ4v) is 10.2. The smallest absolute Gasteiger partial charge is 0.565 e. The van der Waals surface area contributed by atoms with Crippen molar-refractivity contribution < 1.29 is 34.2 Å².